The van der Waals surface area contributed by atoms with Gasteiger partial charge in [0.05, 0.1) is 0 Å². The maximum atomic E-state index is 14.3. The highest BCUT2D eigenvalue weighted by molar-refractivity contribution is 6.31. The summed E-state index contributed by atoms with van der Waals surface area (Å²) in [7, 11) is 0. The summed E-state index contributed by atoms with van der Waals surface area (Å²) in [6.07, 6.45) is 0.619. The van der Waals surface area contributed by atoms with Crippen LogP contribution in [0.15, 0.2) is 67.0 Å². The molecule has 0 radical (unpaired) electrons. The van der Waals surface area contributed by atoms with Crippen LogP contribution in [-0.4, -0.2) is 58.6 Å². The van der Waals surface area contributed by atoms with Gasteiger partial charge in [-0.3, -0.25) is 14.6 Å². The Hall–Kier alpha value is -4.39. The Kier molecular flexibility index (Phi) is 14.2. The van der Waals surface area contributed by atoms with Crippen molar-refractivity contribution in [1.29, 1.82) is 0 Å². The number of halogens is 5. The lowest BCUT2D eigenvalue weighted by atomic mass is 10.1. The van der Waals surface area contributed by atoms with E-state index in [1.807, 2.05) is 12.1 Å². The number of nitrogens with two attached hydrogens (primary N) is 1. The Labute approximate surface area is 250 Å². The minimum absolute atomic E-state index is 0.111. The zero-order chi connectivity index (χ0) is 31.8. The van der Waals surface area contributed by atoms with E-state index < -0.39 is 12.1 Å². The molecular formula is C29H31ClF4N4O5. The van der Waals surface area contributed by atoms with Crippen LogP contribution in [0.2, 0.25) is 5.02 Å². The van der Waals surface area contributed by atoms with Crippen molar-refractivity contribution in [3.05, 3.63) is 89.0 Å². The van der Waals surface area contributed by atoms with Gasteiger partial charge < -0.3 is 25.8 Å². The lowest BCUT2D eigenvalue weighted by molar-refractivity contribution is -0.192. The summed E-state index contributed by atoms with van der Waals surface area (Å²) < 4.78 is 51.9. The van der Waals surface area contributed by atoms with Crippen LogP contribution < -0.4 is 15.8 Å². The third-order valence-corrected chi connectivity index (χ3v) is 5.92. The molecule has 0 spiro atoms. The first-order valence-corrected chi connectivity index (χ1v) is 13.4. The molecule has 232 valence electrons. The van der Waals surface area contributed by atoms with Crippen molar-refractivity contribution >= 4 is 35.1 Å². The molecule has 0 aliphatic heterocycles. The molecule has 0 unspecified atom stereocenters. The second-order valence-corrected chi connectivity index (χ2v) is 9.52. The van der Waals surface area contributed by atoms with Gasteiger partial charge in [0.25, 0.3) is 5.91 Å². The molecular weight excluding hydrogens is 596 g/mol. The number of benzene rings is 2. The molecule has 0 atom stereocenters. The zero-order valence-corrected chi connectivity index (χ0v) is 23.7. The molecule has 43 heavy (non-hydrogen) atoms. The minimum Gasteiger partial charge on any atom is -0.492 e. The van der Waals surface area contributed by atoms with E-state index in [0.29, 0.717) is 60.9 Å². The number of aliphatic carboxylic acids is 1. The first-order chi connectivity index (χ1) is 20.4. The molecule has 0 fully saturated rings. The van der Waals surface area contributed by atoms with Crippen LogP contribution >= 0.6 is 11.6 Å². The van der Waals surface area contributed by atoms with Crippen molar-refractivity contribution in [3.8, 4) is 5.75 Å². The van der Waals surface area contributed by atoms with Crippen molar-refractivity contribution in [1.82, 2.24) is 9.88 Å². The van der Waals surface area contributed by atoms with Gasteiger partial charge in [0.2, 0.25) is 5.91 Å². The highest BCUT2D eigenvalue weighted by atomic mass is 35.5. The number of ether oxygens (including phenoxy) is 1. The number of carbonyl (C=O) groups is 3. The topological polar surface area (TPSA) is 135 Å². The molecule has 3 aromatic rings. The van der Waals surface area contributed by atoms with Gasteiger partial charge in [0, 0.05) is 60.3 Å². The Balaban J connectivity index is 0.000000821. The number of hydrogen-bond acceptors (Lipinski definition) is 6. The van der Waals surface area contributed by atoms with Crippen molar-refractivity contribution in [3.63, 3.8) is 0 Å². The molecule has 3 rings (SSSR count). The van der Waals surface area contributed by atoms with Crippen LogP contribution in [-0.2, 0) is 16.1 Å². The Morgan fingerprint density at radius 1 is 1.02 bits per heavy atom. The molecule has 0 saturated heterocycles. The molecule has 0 aliphatic carbocycles. The van der Waals surface area contributed by atoms with E-state index in [1.54, 1.807) is 53.7 Å². The molecule has 0 aliphatic rings. The number of carboxylic acid groups (broad SMARTS) is 1. The number of nitrogens with zero attached hydrogens (tertiary/aromatic N) is 2. The van der Waals surface area contributed by atoms with Gasteiger partial charge >= 0.3 is 12.1 Å². The van der Waals surface area contributed by atoms with Gasteiger partial charge in [0.15, 0.2) is 0 Å². The molecule has 14 heteroatoms. The maximum absolute atomic E-state index is 14.3. The van der Waals surface area contributed by atoms with E-state index in [-0.39, 0.29) is 24.2 Å². The van der Waals surface area contributed by atoms with E-state index in [9.17, 15) is 27.2 Å². The predicted molar refractivity (Wildman–Crippen MR) is 152 cm³/mol. The van der Waals surface area contributed by atoms with Crippen molar-refractivity contribution in [2.45, 2.75) is 38.4 Å². The number of rotatable bonds is 14. The SMILES string of the molecule is NC(=O)CCCCCN(Cc1ccccc1F)C(=O)c1cc(Cl)cc(OCCNc2ccncc2)c1.O=C(O)C(F)(F)F. The van der Waals surface area contributed by atoms with Crippen LogP contribution in [0, 0.1) is 5.82 Å². The minimum atomic E-state index is -5.08. The predicted octanol–water partition coefficient (Wildman–Crippen LogP) is 5.69. The fraction of sp³-hybridized carbons (Fsp3) is 0.310. The average molecular weight is 627 g/mol. The van der Waals surface area contributed by atoms with Gasteiger partial charge in [-0.15, -0.1) is 0 Å². The second-order valence-electron chi connectivity index (χ2n) is 9.08. The van der Waals surface area contributed by atoms with Gasteiger partial charge in [-0.1, -0.05) is 36.2 Å². The number of pyridine rings is 1. The summed E-state index contributed by atoms with van der Waals surface area (Å²) in [5.74, 6) is -3.30. The Bertz CT molecular complexity index is 1350. The maximum Gasteiger partial charge on any atom is 0.490 e. The summed E-state index contributed by atoms with van der Waals surface area (Å²) in [5.41, 5.74) is 6.90. The first-order valence-electron chi connectivity index (χ1n) is 13.0. The van der Waals surface area contributed by atoms with E-state index >= 15 is 0 Å². The van der Waals surface area contributed by atoms with Crippen molar-refractivity contribution in [2.75, 3.05) is 25.0 Å². The lowest BCUT2D eigenvalue weighted by Crippen LogP contribution is -2.32. The van der Waals surface area contributed by atoms with Gasteiger partial charge in [-0.2, -0.15) is 13.2 Å². The van der Waals surface area contributed by atoms with Crippen LogP contribution in [0.1, 0.15) is 41.6 Å². The van der Waals surface area contributed by atoms with E-state index in [4.69, 9.17) is 32.0 Å². The smallest absolute Gasteiger partial charge is 0.490 e. The van der Waals surface area contributed by atoms with Gasteiger partial charge in [0.1, 0.15) is 18.2 Å². The van der Waals surface area contributed by atoms with Crippen LogP contribution in [0.4, 0.5) is 23.2 Å². The molecule has 2 amide bonds. The van der Waals surface area contributed by atoms with Crippen LogP contribution in [0.5, 0.6) is 5.75 Å². The molecule has 1 aromatic heterocycles. The third-order valence-electron chi connectivity index (χ3n) is 5.70. The molecule has 4 N–H and O–H groups in total. The average Bonchev–Trinajstić information content (AvgIpc) is 2.95. The standard InChI is InChI=1S/C27H30ClFN4O3.C2HF3O2/c28-22-16-21(17-24(18-22)36-15-13-32-23-9-11-31-12-10-23)27(35)33(14-5-1-2-8-26(30)34)19-20-6-3-4-7-25(20)29;3-2(4,5)1(6)7/h3-4,6-7,9-12,16-18H,1-2,5,8,13-15,19H2,(H2,30,34)(H,31,32);(H,6,7). The van der Waals surface area contributed by atoms with Gasteiger partial charge in [-0.05, 0) is 49.2 Å². The number of primary amides is 1. The first kappa shape index (κ1) is 34.8. The fourth-order valence-electron chi connectivity index (χ4n) is 3.65. The summed E-state index contributed by atoms with van der Waals surface area (Å²) in [5, 5.41) is 10.7. The summed E-state index contributed by atoms with van der Waals surface area (Å²) in [4.78, 5) is 38.9. The van der Waals surface area contributed by atoms with E-state index in [2.05, 4.69) is 10.3 Å². The van der Waals surface area contributed by atoms with Crippen molar-refractivity contribution in [2.24, 2.45) is 5.73 Å². The Morgan fingerprint density at radius 3 is 2.33 bits per heavy atom. The third kappa shape index (κ3) is 13.4. The van der Waals surface area contributed by atoms with E-state index in [0.717, 1.165) is 12.1 Å². The van der Waals surface area contributed by atoms with Crippen LogP contribution in [0.25, 0.3) is 0 Å². The molecule has 9 nitrogen and oxygen atoms in total. The van der Waals surface area contributed by atoms with E-state index in [1.165, 1.54) is 6.07 Å². The Morgan fingerprint density at radius 2 is 1.70 bits per heavy atom. The summed E-state index contributed by atoms with van der Waals surface area (Å²) in [6.45, 7) is 1.41. The number of nitrogens with one attached hydrogen (secondary N) is 1. The highest BCUT2D eigenvalue weighted by Crippen LogP contribution is 2.24. The monoisotopic (exact) mass is 626 g/mol. The van der Waals surface area contributed by atoms with Crippen LogP contribution in [0.3, 0.4) is 0 Å². The number of hydrogen-bond donors (Lipinski definition) is 3. The number of carbonyl (C=O) groups excluding carboxylic acids is 2. The fourth-order valence-corrected chi connectivity index (χ4v) is 3.87. The molecule has 0 saturated carbocycles. The normalized spacial score (nSPS) is 10.7. The number of unbranched alkanes of at least 4 members (excludes halogenated alkanes) is 2. The largest absolute Gasteiger partial charge is 0.492 e. The summed E-state index contributed by atoms with van der Waals surface area (Å²) in [6, 6.07) is 15.0. The quantitative estimate of drug-likeness (QED) is 0.155. The van der Waals surface area contributed by atoms with Crippen molar-refractivity contribution < 1.29 is 41.8 Å². The number of amides is 2. The molecule has 1 heterocycles. The number of alkyl halides is 3. The van der Waals surface area contributed by atoms with Gasteiger partial charge in [-0.25, -0.2) is 9.18 Å². The molecule has 0 bridgehead atoms. The lowest BCUT2D eigenvalue weighted by Gasteiger charge is -2.24. The zero-order valence-electron chi connectivity index (χ0n) is 22.9. The second kappa shape index (κ2) is 17.5. The summed E-state index contributed by atoms with van der Waals surface area (Å²) >= 11 is 6.29. The molecule has 2 aromatic carbocycles. The highest BCUT2D eigenvalue weighted by Gasteiger charge is 2.38. The number of carboxylic acids is 1. The number of anilines is 1. The number of aromatic nitrogens is 1.